The number of rotatable bonds is 6. The van der Waals surface area contributed by atoms with Gasteiger partial charge in [-0.05, 0) is 37.0 Å². The number of oxazole rings is 1. The molecule has 1 aliphatic heterocycles. The van der Waals surface area contributed by atoms with Crippen molar-refractivity contribution in [3.63, 3.8) is 0 Å². The summed E-state index contributed by atoms with van der Waals surface area (Å²) >= 11 is 0. The summed E-state index contributed by atoms with van der Waals surface area (Å²) in [6.07, 6.45) is 6.28. The maximum atomic E-state index is 12.5. The molecule has 1 N–H and O–H groups in total. The highest BCUT2D eigenvalue weighted by atomic mass is 16.6. The van der Waals surface area contributed by atoms with Crippen molar-refractivity contribution in [2.24, 2.45) is 5.92 Å². The van der Waals surface area contributed by atoms with Crippen LogP contribution in [0.3, 0.4) is 0 Å². The molecule has 1 aliphatic carbocycles. The van der Waals surface area contributed by atoms with Crippen LogP contribution in [0.1, 0.15) is 48.9 Å². The Hall–Kier alpha value is -2.61. The third kappa shape index (κ3) is 5.11. The standard InChI is InChI=1S/C22H29N3O5/c26-19(17-6-7-18-20(14-17)30-21(27)23-18)8-9-24-10-12-25(13-11-24)22(28)29-15-16-4-2-1-3-5-16/h6-7,14,16H,1-5,8-13,15H2,(H,23,27). The first-order valence-electron chi connectivity index (χ1n) is 10.9. The van der Waals surface area contributed by atoms with Crippen LogP contribution in [0.4, 0.5) is 4.79 Å². The van der Waals surface area contributed by atoms with E-state index in [4.69, 9.17) is 9.15 Å². The van der Waals surface area contributed by atoms with Crippen molar-refractivity contribution in [1.82, 2.24) is 14.8 Å². The highest BCUT2D eigenvalue weighted by Crippen LogP contribution is 2.24. The number of piperazine rings is 1. The van der Waals surface area contributed by atoms with Gasteiger partial charge in [0.2, 0.25) is 0 Å². The quantitative estimate of drug-likeness (QED) is 0.729. The average Bonchev–Trinajstić information content (AvgIpc) is 3.16. The number of aromatic nitrogens is 1. The number of fused-ring (bicyclic) bond motifs is 1. The summed E-state index contributed by atoms with van der Waals surface area (Å²) in [5, 5.41) is 0. The van der Waals surface area contributed by atoms with Gasteiger partial charge in [-0.1, -0.05) is 19.3 Å². The number of nitrogens with zero attached hydrogens (tertiary/aromatic N) is 2. The summed E-state index contributed by atoms with van der Waals surface area (Å²) in [5.41, 5.74) is 1.52. The van der Waals surface area contributed by atoms with E-state index in [1.807, 2.05) is 0 Å². The first-order chi connectivity index (χ1) is 14.6. The summed E-state index contributed by atoms with van der Waals surface area (Å²) in [6.45, 7) is 3.89. The maximum Gasteiger partial charge on any atom is 0.417 e. The first kappa shape index (κ1) is 20.7. The molecule has 8 heteroatoms. The third-order valence-electron chi connectivity index (χ3n) is 6.20. The van der Waals surface area contributed by atoms with Gasteiger partial charge in [-0.25, -0.2) is 9.59 Å². The monoisotopic (exact) mass is 415 g/mol. The Balaban J connectivity index is 1.19. The van der Waals surface area contributed by atoms with Crippen LogP contribution in [-0.2, 0) is 4.74 Å². The highest BCUT2D eigenvalue weighted by Gasteiger charge is 2.24. The summed E-state index contributed by atoms with van der Waals surface area (Å²) in [6, 6.07) is 5.00. The van der Waals surface area contributed by atoms with Crippen molar-refractivity contribution in [2.45, 2.75) is 38.5 Å². The number of ketones is 1. The zero-order chi connectivity index (χ0) is 20.9. The Morgan fingerprint density at radius 3 is 2.63 bits per heavy atom. The van der Waals surface area contributed by atoms with Crippen LogP contribution in [0.5, 0.6) is 0 Å². The lowest BCUT2D eigenvalue weighted by Gasteiger charge is -2.34. The fourth-order valence-electron chi connectivity index (χ4n) is 4.31. The van der Waals surface area contributed by atoms with Crippen LogP contribution in [-0.4, -0.2) is 66.0 Å². The molecular weight excluding hydrogens is 386 g/mol. The van der Waals surface area contributed by atoms with Crippen LogP contribution in [0.15, 0.2) is 27.4 Å². The van der Waals surface area contributed by atoms with Gasteiger partial charge in [0.1, 0.15) is 0 Å². The number of ether oxygens (including phenoxy) is 1. The minimum atomic E-state index is -0.523. The van der Waals surface area contributed by atoms with Gasteiger partial charge >= 0.3 is 11.8 Å². The maximum absolute atomic E-state index is 12.5. The van der Waals surface area contributed by atoms with E-state index in [0.717, 1.165) is 25.9 Å². The number of H-pyrrole nitrogens is 1. The lowest BCUT2D eigenvalue weighted by atomic mass is 9.90. The molecule has 2 aromatic rings. The fourth-order valence-corrected chi connectivity index (χ4v) is 4.31. The first-order valence-corrected chi connectivity index (χ1v) is 10.9. The van der Waals surface area contributed by atoms with Gasteiger partial charge in [-0.2, -0.15) is 0 Å². The van der Waals surface area contributed by atoms with Gasteiger partial charge in [-0.3, -0.25) is 14.7 Å². The van der Waals surface area contributed by atoms with E-state index in [1.165, 1.54) is 19.3 Å². The Morgan fingerprint density at radius 1 is 1.10 bits per heavy atom. The average molecular weight is 415 g/mol. The highest BCUT2D eigenvalue weighted by molar-refractivity contribution is 5.98. The van der Waals surface area contributed by atoms with Crippen LogP contribution >= 0.6 is 0 Å². The molecule has 0 radical (unpaired) electrons. The summed E-state index contributed by atoms with van der Waals surface area (Å²) in [5.74, 6) is 0.00771. The number of Topliss-reactive ketones (excluding diaryl/α,β-unsaturated/α-hetero) is 1. The molecule has 2 fully saturated rings. The third-order valence-corrected chi connectivity index (χ3v) is 6.20. The molecule has 30 heavy (non-hydrogen) atoms. The predicted molar refractivity (Wildman–Crippen MR) is 112 cm³/mol. The van der Waals surface area contributed by atoms with E-state index < -0.39 is 5.76 Å². The summed E-state index contributed by atoms with van der Waals surface area (Å²) in [7, 11) is 0. The topological polar surface area (TPSA) is 95.9 Å². The van der Waals surface area contributed by atoms with E-state index in [2.05, 4.69) is 9.88 Å². The molecular formula is C22H29N3O5. The van der Waals surface area contributed by atoms with Crippen LogP contribution in [0, 0.1) is 5.92 Å². The molecule has 0 spiro atoms. The molecule has 0 atom stereocenters. The second-order valence-electron chi connectivity index (χ2n) is 8.31. The van der Waals surface area contributed by atoms with E-state index in [0.29, 0.717) is 55.2 Å². The zero-order valence-electron chi connectivity index (χ0n) is 17.2. The molecule has 162 valence electrons. The van der Waals surface area contributed by atoms with Crippen molar-refractivity contribution in [3.8, 4) is 0 Å². The van der Waals surface area contributed by atoms with Gasteiger partial charge in [0.25, 0.3) is 0 Å². The van der Waals surface area contributed by atoms with Crippen LogP contribution in [0.25, 0.3) is 11.1 Å². The van der Waals surface area contributed by atoms with E-state index in [-0.39, 0.29) is 11.9 Å². The Labute approximate surface area is 175 Å². The van der Waals surface area contributed by atoms with E-state index >= 15 is 0 Å². The molecule has 1 aromatic carbocycles. The Kier molecular flexibility index (Phi) is 6.52. The lowest BCUT2D eigenvalue weighted by molar-refractivity contribution is 0.0600. The van der Waals surface area contributed by atoms with E-state index in [1.54, 1.807) is 23.1 Å². The van der Waals surface area contributed by atoms with E-state index in [9.17, 15) is 14.4 Å². The van der Waals surface area contributed by atoms with Gasteiger partial charge in [-0.15, -0.1) is 0 Å². The number of carbonyl (C=O) groups excluding carboxylic acids is 2. The predicted octanol–water partition coefficient (Wildman–Crippen LogP) is 3.03. The molecule has 1 saturated carbocycles. The normalized spacial score (nSPS) is 18.6. The smallest absolute Gasteiger partial charge is 0.417 e. The van der Waals surface area contributed by atoms with Crippen molar-refractivity contribution in [3.05, 3.63) is 34.3 Å². The largest absolute Gasteiger partial charge is 0.449 e. The number of aromatic amines is 1. The molecule has 2 heterocycles. The Bertz CT molecular complexity index is 936. The molecule has 8 nitrogen and oxygen atoms in total. The number of nitrogens with one attached hydrogen (secondary N) is 1. The second kappa shape index (κ2) is 9.47. The van der Waals surface area contributed by atoms with Crippen LogP contribution in [0.2, 0.25) is 0 Å². The summed E-state index contributed by atoms with van der Waals surface area (Å²) < 4.78 is 10.6. The minimum Gasteiger partial charge on any atom is -0.449 e. The molecule has 4 rings (SSSR count). The van der Waals surface area contributed by atoms with Crippen molar-refractivity contribution < 1.29 is 18.7 Å². The summed E-state index contributed by atoms with van der Waals surface area (Å²) in [4.78, 5) is 42.6. The van der Waals surface area contributed by atoms with Crippen molar-refractivity contribution in [2.75, 3.05) is 39.3 Å². The molecule has 0 unspecified atom stereocenters. The van der Waals surface area contributed by atoms with Gasteiger partial charge in [0.15, 0.2) is 11.4 Å². The fraction of sp³-hybridized carbons (Fsp3) is 0.591. The van der Waals surface area contributed by atoms with Gasteiger partial charge < -0.3 is 14.1 Å². The molecule has 1 saturated heterocycles. The molecule has 1 aromatic heterocycles. The number of amides is 1. The van der Waals surface area contributed by atoms with Crippen molar-refractivity contribution >= 4 is 23.0 Å². The number of hydrogen-bond acceptors (Lipinski definition) is 6. The second-order valence-corrected chi connectivity index (χ2v) is 8.31. The minimum absolute atomic E-state index is 0.00932. The van der Waals surface area contributed by atoms with Crippen molar-refractivity contribution in [1.29, 1.82) is 0 Å². The Morgan fingerprint density at radius 2 is 1.87 bits per heavy atom. The number of hydrogen-bond donors (Lipinski definition) is 1. The SMILES string of the molecule is O=C(CCN1CCN(C(=O)OCC2CCCCC2)CC1)c1ccc2[nH]c(=O)oc2c1. The molecule has 1 amide bonds. The lowest BCUT2D eigenvalue weighted by Crippen LogP contribution is -2.49. The van der Waals surface area contributed by atoms with Gasteiger partial charge in [0.05, 0.1) is 12.1 Å². The van der Waals surface area contributed by atoms with Crippen LogP contribution < -0.4 is 5.76 Å². The zero-order valence-corrected chi connectivity index (χ0v) is 17.2. The molecule has 2 aliphatic rings. The molecule has 0 bridgehead atoms. The number of carbonyl (C=O) groups is 2. The number of benzene rings is 1. The van der Waals surface area contributed by atoms with Gasteiger partial charge in [0, 0.05) is 44.7 Å².